The molecule has 1 aromatic carbocycles. The van der Waals surface area contributed by atoms with Crippen molar-refractivity contribution in [3.8, 4) is 23.4 Å². The Kier molecular flexibility index (Phi) is 7.47. The summed E-state index contributed by atoms with van der Waals surface area (Å²) >= 11 is 0. The maximum atomic E-state index is 10.5. The minimum Gasteiger partial charge on any atom is -0.480 e. The minimum atomic E-state index is -1.28. The van der Waals surface area contributed by atoms with Crippen LogP contribution in [0.3, 0.4) is 0 Å². The van der Waals surface area contributed by atoms with E-state index in [0.29, 0.717) is 5.56 Å². The summed E-state index contributed by atoms with van der Waals surface area (Å²) in [4.78, 5) is 31.3. The number of aromatic hydroxyl groups is 2. The molecule has 0 spiro atoms. The molecule has 0 saturated carbocycles. The highest BCUT2D eigenvalue weighted by molar-refractivity contribution is 5.90. The van der Waals surface area contributed by atoms with Crippen molar-refractivity contribution in [2.75, 3.05) is 6.61 Å². The number of hydrogen-bond donors (Lipinski definition) is 5. The van der Waals surface area contributed by atoms with Gasteiger partial charge in [-0.1, -0.05) is 36.9 Å². The molecule has 0 fully saturated rings. The minimum absolute atomic E-state index is 0.246. The summed E-state index contributed by atoms with van der Waals surface area (Å²) in [5, 5.41) is 36.8. The number of aromatic nitrogens is 3. The first-order valence-corrected chi connectivity index (χ1v) is 6.83. The molecule has 25 heavy (non-hydrogen) atoms. The van der Waals surface area contributed by atoms with Gasteiger partial charge in [-0.2, -0.15) is 9.97 Å². The smallest absolute Gasteiger partial charge is 0.328 e. The number of carboxylic acids is 1. The second kappa shape index (κ2) is 9.57. The van der Waals surface area contributed by atoms with Gasteiger partial charge < -0.3 is 25.7 Å². The zero-order valence-electron chi connectivity index (χ0n) is 12.9. The fraction of sp³-hybridized carbons (Fsp3) is 0.133. The second-order valence-electron chi connectivity index (χ2n) is 4.41. The number of benzene rings is 1. The molecule has 2 rings (SSSR count). The lowest BCUT2D eigenvalue weighted by atomic mass is 10.2. The van der Waals surface area contributed by atoms with Crippen molar-refractivity contribution in [2.24, 2.45) is 0 Å². The lowest BCUT2D eigenvalue weighted by Crippen LogP contribution is -2.42. The highest BCUT2D eigenvalue weighted by atomic mass is 16.4. The Bertz CT molecular complexity index is 718. The number of amides is 1. The molecule has 5 N–H and O–H groups in total. The summed E-state index contributed by atoms with van der Waals surface area (Å²) in [6, 6.07) is 6.79. The van der Waals surface area contributed by atoms with Gasteiger partial charge >= 0.3 is 18.0 Å². The molecule has 0 aliphatic carbocycles. The van der Waals surface area contributed by atoms with Crippen molar-refractivity contribution in [1.29, 1.82) is 0 Å². The topological polar surface area (TPSA) is 166 Å². The molecule has 2 aromatic rings. The molecule has 1 heterocycles. The lowest BCUT2D eigenvalue weighted by molar-refractivity contribution is -0.142. The van der Waals surface area contributed by atoms with Gasteiger partial charge in [0, 0.05) is 5.56 Å². The first kappa shape index (κ1) is 19.5. The predicted octanol–water partition coefficient (Wildman–Crippen LogP) is -0.316. The van der Waals surface area contributed by atoms with Gasteiger partial charge in [0.2, 0.25) is 5.91 Å². The third-order valence-corrected chi connectivity index (χ3v) is 2.63. The first-order valence-electron chi connectivity index (χ1n) is 6.83. The predicted molar refractivity (Wildman–Crippen MR) is 85.4 cm³/mol. The summed E-state index contributed by atoms with van der Waals surface area (Å²) in [5.41, 5.74) is 0.709. The number of carbonyl (C=O) groups is 2. The van der Waals surface area contributed by atoms with Crippen LogP contribution in [0.2, 0.25) is 0 Å². The molecular weight excluding hydrogens is 332 g/mol. The number of aliphatic hydroxyl groups is 1. The number of carbonyl (C=O) groups excluding carboxylic acids is 1. The third-order valence-electron chi connectivity index (χ3n) is 2.63. The Morgan fingerprint density at radius 1 is 1.12 bits per heavy atom. The van der Waals surface area contributed by atoms with E-state index in [1.165, 1.54) is 0 Å². The van der Waals surface area contributed by atoms with Gasteiger partial charge in [0.25, 0.3) is 0 Å². The van der Waals surface area contributed by atoms with Gasteiger partial charge in [0.1, 0.15) is 0 Å². The quantitative estimate of drug-likeness (QED) is 0.455. The van der Waals surface area contributed by atoms with Crippen LogP contribution in [-0.4, -0.2) is 59.9 Å². The van der Waals surface area contributed by atoms with Crippen molar-refractivity contribution in [3.05, 3.63) is 43.0 Å². The van der Waals surface area contributed by atoms with Crippen LogP contribution in [0.15, 0.2) is 43.0 Å². The average molecular weight is 348 g/mol. The standard InChI is InChI=1S/C9H7N3O2.C6H9NO4/c13-8-10-7(11-9(14)12-8)6-4-2-1-3-5-6;1-2-5(9)7-4(3-8)6(10)11/h1-5H,(H2,10,11,12,13,14);2,4,8H,1,3H2,(H,7,9)(H,10,11). The third kappa shape index (κ3) is 6.62. The summed E-state index contributed by atoms with van der Waals surface area (Å²) in [6.07, 6.45) is 0.936. The summed E-state index contributed by atoms with van der Waals surface area (Å²) in [7, 11) is 0. The van der Waals surface area contributed by atoms with E-state index in [4.69, 9.17) is 20.4 Å². The zero-order valence-corrected chi connectivity index (χ0v) is 12.9. The normalized spacial score (nSPS) is 10.8. The molecule has 10 heteroatoms. The maximum Gasteiger partial charge on any atom is 0.328 e. The number of aliphatic carboxylic acids is 1. The van der Waals surface area contributed by atoms with Crippen LogP contribution in [-0.2, 0) is 9.59 Å². The number of nitrogens with one attached hydrogen (secondary N) is 1. The van der Waals surface area contributed by atoms with Crippen LogP contribution in [0.5, 0.6) is 12.0 Å². The van der Waals surface area contributed by atoms with Crippen molar-refractivity contribution >= 4 is 11.9 Å². The second-order valence-corrected chi connectivity index (χ2v) is 4.41. The van der Waals surface area contributed by atoms with Gasteiger partial charge in [0.05, 0.1) is 6.61 Å². The molecule has 1 aromatic heterocycles. The summed E-state index contributed by atoms with van der Waals surface area (Å²) < 4.78 is 0. The van der Waals surface area contributed by atoms with Crippen molar-refractivity contribution in [3.63, 3.8) is 0 Å². The van der Waals surface area contributed by atoms with Crippen LogP contribution in [0, 0.1) is 0 Å². The van der Waals surface area contributed by atoms with Gasteiger partial charge in [-0.05, 0) is 6.08 Å². The monoisotopic (exact) mass is 348 g/mol. The average Bonchev–Trinajstić information content (AvgIpc) is 2.59. The molecule has 0 radical (unpaired) electrons. The lowest BCUT2D eigenvalue weighted by Gasteiger charge is -2.08. The van der Waals surface area contributed by atoms with Crippen molar-refractivity contribution < 1.29 is 30.0 Å². The van der Waals surface area contributed by atoms with E-state index in [9.17, 15) is 9.59 Å². The molecule has 0 saturated heterocycles. The molecule has 1 unspecified atom stereocenters. The largest absolute Gasteiger partial charge is 0.480 e. The van der Waals surface area contributed by atoms with E-state index in [-0.39, 0.29) is 5.82 Å². The van der Waals surface area contributed by atoms with Gasteiger partial charge in [-0.15, -0.1) is 4.98 Å². The van der Waals surface area contributed by atoms with Crippen LogP contribution in [0.1, 0.15) is 0 Å². The maximum absolute atomic E-state index is 10.5. The Labute approximate surface area is 142 Å². The van der Waals surface area contributed by atoms with Crippen LogP contribution >= 0.6 is 0 Å². The fourth-order valence-corrected chi connectivity index (χ4v) is 1.49. The Morgan fingerprint density at radius 2 is 1.68 bits per heavy atom. The van der Waals surface area contributed by atoms with E-state index >= 15 is 0 Å². The molecule has 132 valence electrons. The van der Waals surface area contributed by atoms with Crippen molar-refractivity contribution in [1.82, 2.24) is 20.3 Å². The molecule has 1 atom stereocenters. The molecule has 0 bridgehead atoms. The highest BCUT2D eigenvalue weighted by Gasteiger charge is 2.16. The van der Waals surface area contributed by atoms with E-state index in [1.54, 1.807) is 12.1 Å². The molecular formula is C15H16N4O6. The van der Waals surface area contributed by atoms with Gasteiger partial charge in [-0.3, -0.25) is 4.79 Å². The fourth-order valence-electron chi connectivity index (χ4n) is 1.49. The Hall–Kier alpha value is -3.53. The van der Waals surface area contributed by atoms with Crippen LogP contribution < -0.4 is 5.32 Å². The number of aliphatic hydroxyl groups excluding tert-OH is 1. The summed E-state index contributed by atoms with van der Waals surface area (Å²) in [5.74, 6) is -1.65. The number of rotatable bonds is 5. The molecule has 0 aliphatic heterocycles. The molecule has 1 amide bonds. The van der Waals surface area contributed by atoms with E-state index < -0.39 is 36.5 Å². The van der Waals surface area contributed by atoms with E-state index in [1.807, 2.05) is 23.5 Å². The Balaban J connectivity index is 0.000000260. The Morgan fingerprint density at radius 3 is 2.12 bits per heavy atom. The number of carboxylic acid groups (broad SMARTS) is 1. The SMILES string of the molecule is C=CC(=O)NC(CO)C(=O)O.Oc1nc(O)nc(-c2ccccc2)n1. The summed E-state index contributed by atoms with van der Waals surface area (Å²) in [6.45, 7) is 2.49. The molecule has 0 aliphatic rings. The van der Waals surface area contributed by atoms with Gasteiger partial charge in [-0.25, -0.2) is 4.79 Å². The molecule has 10 nitrogen and oxygen atoms in total. The van der Waals surface area contributed by atoms with Gasteiger partial charge in [0.15, 0.2) is 11.9 Å². The zero-order chi connectivity index (χ0) is 18.8. The van der Waals surface area contributed by atoms with E-state index in [2.05, 4.69) is 21.5 Å². The number of hydrogen-bond acceptors (Lipinski definition) is 8. The first-order chi connectivity index (χ1) is 11.9. The van der Waals surface area contributed by atoms with E-state index in [0.717, 1.165) is 6.08 Å². The number of nitrogens with zero attached hydrogens (tertiary/aromatic N) is 3. The highest BCUT2D eigenvalue weighted by Crippen LogP contribution is 2.17. The van der Waals surface area contributed by atoms with Crippen LogP contribution in [0.25, 0.3) is 11.4 Å². The van der Waals surface area contributed by atoms with Crippen molar-refractivity contribution in [2.45, 2.75) is 6.04 Å². The van der Waals surface area contributed by atoms with Crippen LogP contribution in [0.4, 0.5) is 0 Å².